The number of hydrogen-bond donors (Lipinski definition) is 1. The highest BCUT2D eigenvalue weighted by Gasteiger charge is 2.21. The van der Waals surface area contributed by atoms with Crippen LogP contribution < -0.4 is 10.1 Å². The normalized spacial score (nSPS) is 10.1. The molecule has 0 aliphatic rings. The van der Waals surface area contributed by atoms with Crippen LogP contribution >= 0.6 is 0 Å². The van der Waals surface area contributed by atoms with E-state index in [4.69, 9.17) is 14.2 Å². The highest BCUT2D eigenvalue weighted by molar-refractivity contribution is 6.14. The van der Waals surface area contributed by atoms with Gasteiger partial charge in [-0.1, -0.05) is 12.1 Å². The van der Waals surface area contributed by atoms with Crippen LogP contribution in [0.3, 0.4) is 0 Å². The van der Waals surface area contributed by atoms with Crippen LogP contribution in [0.5, 0.6) is 5.75 Å². The zero-order chi connectivity index (χ0) is 19.8. The molecule has 0 radical (unpaired) electrons. The maximum Gasteiger partial charge on any atom is 0.347 e. The van der Waals surface area contributed by atoms with Crippen LogP contribution in [-0.4, -0.2) is 42.0 Å². The van der Waals surface area contributed by atoms with Gasteiger partial charge >= 0.3 is 11.9 Å². The van der Waals surface area contributed by atoms with Crippen molar-refractivity contribution in [3.05, 3.63) is 47.8 Å². The number of nitrogens with one attached hydrogen (secondary N) is 1. The van der Waals surface area contributed by atoms with Crippen LogP contribution in [0.25, 0.3) is 5.69 Å². The minimum absolute atomic E-state index is 0.147. The molecule has 0 unspecified atom stereocenters. The number of aryl methyl sites for hydroxylation is 1. The number of benzene rings is 1. The summed E-state index contributed by atoms with van der Waals surface area (Å²) in [5, 5.41) is 7.39. The van der Waals surface area contributed by atoms with Gasteiger partial charge in [0.2, 0.25) is 0 Å². The third-order valence-electron chi connectivity index (χ3n) is 3.50. The second-order valence-electron chi connectivity index (χ2n) is 5.40. The van der Waals surface area contributed by atoms with E-state index in [1.807, 2.05) is 31.2 Å². The van der Waals surface area contributed by atoms with Crippen molar-refractivity contribution in [1.29, 1.82) is 0 Å². The van der Waals surface area contributed by atoms with E-state index < -0.39 is 11.9 Å². The molecule has 0 aliphatic carbocycles. The molecular weight excluding hydrogens is 350 g/mol. The highest BCUT2D eigenvalue weighted by atomic mass is 16.6. The second kappa shape index (κ2) is 9.42. The lowest BCUT2D eigenvalue weighted by molar-refractivity contribution is -0.146. The van der Waals surface area contributed by atoms with Gasteiger partial charge in [-0.05, 0) is 32.9 Å². The van der Waals surface area contributed by atoms with Crippen molar-refractivity contribution in [3.8, 4) is 11.4 Å². The molecule has 1 heterocycles. The monoisotopic (exact) mass is 373 g/mol. The molecule has 0 spiro atoms. The molecule has 0 aliphatic heterocycles. The summed E-state index contributed by atoms with van der Waals surface area (Å²) in [6.07, 6.45) is 1.26. The van der Waals surface area contributed by atoms with Gasteiger partial charge in [-0.15, -0.1) is 0 Å². The number of esters is 2. The Morgan fingerprint density at radius 1 is 1.15 bits per heavy atom. The van der Waals surface area contributed by atoms with Crippen molar-refractivity contribution in [2.75, 3.05) is 25.6 Å². The van der Waals surface area contributed by atoms with E-state index in [0.717, 1.165) is 5.69 Å². The molecule has 144 valence electrons. The Morgan fingerprint density at radius 3 is 2.37 bits per heavy atom. The Hall–Kier alpha value is -3.29. The van der Waals surface area contributed by atoms with Crippen molar-refractivity contribution in [2.24, 2.45) is 0 Å². The van der Waals surface area contributed by atoms with Crippen molar-refractivity contribution in [1.82, 2.24) is 9.78 Å². The zero-order valence-electron chi connectivity index (χ0n) is 15.8. The molecule has 27 heavy (non-hydrogen) atoms. The molecule has 0 saturated carbocycles. The van der Waals surface area contributed by atoms with E-state index in [1.165, 1.54) is 6.20 Å². The Labute approximate surface area is 157 Å². The number of carbonyl (C=O) groups excluding carboxylic acids is 2. The smallest absolute Gasteiger partial charge is 0.347 e. The largest absolute Gasteiger partial charge is 0.494 e. The fourth-order valence-electron chi connectivity index (χ4n) is 2.36. The molecule has 2 aromatic rings. The average Bonchev–Trinajstić information content (AvgIpc) is 3.02. The first kappa shape index (κ1) is 20.0. The predicted molar refractivity (Wildman–Crippen MR) is 99.8 cm³/mol. The summed E-state index contributed by atoms with van der Waals surface area (Å²) < 4.78 is 16.9. The van der Waals surface area contributed by atoms with Gasteiger partial charge in [0, 0.05) is 12.3 Å². The van der Waals surface area contributed by atoms with Gasteiger partial charge in [0.15, 0.2) is 5.57 Å². The number of anilines is 1. The summed E-state index contributed by atoms with van der Waals surface area (Å²) in [4.78, 5) is 24.1. The van der Waals surface area contributed by atoms with Gasteiger partial charge < -0.3 is 19.5 Å². The molecule has 0 amide bonds. The van der Waals surface area contributed by atoms with Gasteiger partial charge in [-0.2, -0.15) is 5.10 Å². The highest BCUT2D eigenvalue weighted by Crippen LogP contribution is 2.26. The fourth-order valence-corrected chi connectivity index (χ4v) is 2.36. The molecule has 0 fully saturated rings. The summed E-state index contributed by atoms with van der Waals surface area (Å²) in [6.45, 7) is 5.45. The number of methoxy groups -OCH3 is 1. The number of aromatic nitrogens is 2. The SMILES string of the molecule is CCOC(=O)C(=CNc1cc(C)nn1-c1ccccc1OC)C(=O)OCC. The summed E-state index contributed by atoms with van der Waals surface area (Å²) >= 11 is 0. The van der Waals surface area contributed by atoms with E-state index in [2.05, 4.69) is 10.4 Å². The molecule has 1 aromatic carbocycles. The van der Waals surface area contributed by atoms with E-state index >= 15 is 0 Å². The maximum absolute atomic E-state index is 12.1. The van der Waals surface area contributed by atoms with Crippen molar-refractivity contribution in [3.63, 3.8) is 0 Å². The Kier molecular flexibility index (Phi) is 6.99. The van der Waals surface area contributed by atoms with E-state index in [-0.39, 0.29) is 18.8 Å². The molecular formula is C19H23N3O5. The summed E-state index contributed by atoms with van der Waals surface area (Å²) in [6, 6.07) is 9.14. The Bertz CT molecular complexity index is 822. The lowest BCUT2D eigenvalue weighted by Crippen LogP contribution is -2.19. The summed E-state index contributed by atoms with van der Waals surface area (Å²) in [5.41, 5.74) is 1.22. The maximum atomic E-state index is 12.1. The van der Waals surface area contributed by atoms with Crippen LogP contribution in [-0.2, 0) is 19.1 Å². The van der Waals surface area contributed by atoms with Gasteiger partial charge in [-0.3, -0.25) is 0 Å². The Morgan fingerprint density at radius 2 is 1.78 bits per heavy atom. The van der Waals surface area contributed by atoms with E-state index in [1.54, 1.807) is 31.7 Å². The van der Waals surface area contributed by atoms with Crippen molar-refractivity contribution in [2.45, 2.75) is 20.8 Å². The molecule has 1 aromatic heterocycles. The quantitative estimate of drug-likeness (QED) is 0.329. The van der Waals surface area contributed by atoms with Gasteiger partial charge in [0.05, 0.1) is 26.0 Å². The molecule has 1 N–H and O–H groups in total. The van der Waals surface area contributed by atoms with Crippen LogP contribution in [0.2, 0.25) is 0 Å². The van der Waals surface area contributed by atoms with Crippen molar-refractivity contribution < 1.29 is 23.8 Å². The second-order valence-corrected chi connectivity index (χ2v) is 5.40. The topological polar surface area (TPSA) is 91.7 Å². The number of rotatable bonds is 8. The van der Waals surface area contributed by atoms with Crippen LogP contribution in [0.1, 0.15) is 19.5 Å². The minimum atomic E-state index is -0.761. The Balaban J connectivity index is 2.39. The van der Waals surface area contributed by atoms with Crippen LogP contribution in [0.15, 0.2) is 42.1 Å². The third kappa shape index (κ3) is 4.87. The van der Waals surface area contributed by atoms with Crippen LogP contribution in [0.4, 0.5) is 5.82 Å². The predicted octanol–water partition coefficient (Wildman–Crippen LogP) is 2.61. The van der Waals surface area contributed by atoms with Gasteiger partial charge in [-0.25, -0.2) is 14.3 Å². The van der Waals surface area contributed by atoms with E-state index in [9.17, 15) is 9.59 Å². The minimum Gasteiger partial charge on any atom is -0.494 e. The molecule has 8 nitrogen and oxygen atoms in total. The van der Waals surface area contributed by atoms with Crippen molar-refractivity contribution >= 4 is 17.8 Å². The number of hydrogen-bond acceptors (Lipinski definition) is 7. The lowest BCUT2D eigenvalue weighted by atomic mass is 10.3. The lowest BCUT2D eigenvalue weighted by Gasteiger charge is -2.12. The van der Waals surface area contributed by atoms with E-state index in [0.29, 0.717) is 17.3 Å². The van der Waals surface area contributed by atoms with Gasteiger partial charge in [0.25, 0.3) is 0 Å². The number of para-hydroxylation sites is 2. The number of ether oxygens (including phenoxy) is 3. The molecule has 2 rings (SSSR count). The molecule has 0 bridgehead atoms. The zero-order valence-corrected chi connectivity index (χ0v) is 15.8. The summed E-state index contributed by atoms with van der Waals surface area (Å²) in [5.74, 6) is -0.348. The fraction of sp³-hybridized carbons (Fsp3) is 0.316. The number of nitrogens with zero attached hydrogens (tertiary/aromatic N) is 2. The average molecular weight is 373 g/mol. The first-order valence-electron chi connectivity index (χ1n) is 8.52. The summed E-state index contributed by atoms with van der Waals surface area (Å²) in [7, 11) is 1.57. The first-order valence-corrected chi connectivity index (χ1v) is 8.52. The molecule has 0 atom stereocenters. The standard InChI is InChI=1S/C19H23N3O5/c1-5-26-18(23)14(19(24)27-6-2)12-20-17-11-13(3)21-22(17)15-9-7-8-10-16(15)25-4/h7-12,20H,5-6H2,1-4H3. The van der Waals surface area contributed by atoms with Gasteiger partial charge in [0.1, 0.15) is 17.3 Å². The third-order valence-corrected chi connectivity index (χ3v) is 3.50. The molecule has 0 saturated heterocycles. The molecule has 8 heteroatoms. The number of carbonyl (C=O) groups is 2. The van der Waals surface area contributed by atoms with Crippen LogP contribution in [0, 0.1) is 6.92 Å². The first-order chi connectivity index (χ1) is 13.0.